The van der Waals surface area contributed by atoms with Crippen LogP contribution < -0.4 is 0 Å². The number of aliphatic hydroxyl groups is 1. The fourth-order valence-electron chi connectivity index (χ4n) is 11.6. The van der Waals surface area contributed by atoms with Crippen LogP contribution in [0.2, 0.25) is 0 Å². The topological polar surface area (TPSA) is 66.8 Å². The molecule has 0 bridgehead atoms. The quantitative estimate of drug-likeness (QED) is 0.405. The van der Waals surface area contributed by atoms with E-state index in [9.17, 15) is 15.0 Å². The van der Waals surface area contributed by atoms with Crippen molar-refractivity contribution in [1.29, 1.82) is 0 Å². The molecule has 1 unspecified atom stereocenters. The second kappa shape index (κ2) is 8.31. The maximum absolute atomic E-state index is 12.9. The maximum atomic E-state index is 12.9. The summed E-state index contributed by atoms with van der Waals surface area (Å²) in [5, 5.41) is 22.8. The number of rotatable bonds is 3. The summed E-state index contributed by atoms with van der Waals surface area (Å²) in [5.74, 6) is 0.508. The maximum Gasteiger partial charge on any atom is 0.310 e. The number of fused-ring (bicyclic) bond motifs is 7. The van der Waals surface area contributed by atoms with Gasteiger partial charge in [-0.1, -0.05) is 53.2 Å². The Morgan fingerprint density at radius 3 is 2.33 bits per heavy atom. The molecule has 0 heterocycles. The first-order chi connectivity index (χ1) is 16.7. The van der Waals surface area contributed by atoms with Gasteiger partial charge < -0.3 is 14.9 Å². The number of hydrogen-bond donors (Lipinski definition) is 2. The Bertz CT molecular complexity index is 938. The molecule has 11 atom stereocenters. The first-order valence-electron chi connectivity index (χ1n) is 14.9. The molecule has 204 valence electrons. The largest absolute Gasteiger partial charge is 0.481 e. The van der Waals surface area contributed by atoms with Gasteiger partial charge in [-0.3, -0.25) is 4.79 Å². The second-order valence-corrected chi connectivity index (χ2v) is 15.1. The van der Waals surface area contributed by atoms with E-state index in [4.69, 9.17) is 4.74 Å². The van der Waals surface area contributed by atoms with Crippen molar-refractivity contribution in [3.63, 3.8) is 0 Å². The normalized spacial score (nSPS) is 53.8. The lowest BCUT2D eigenvalue weighted by molar-refractivity contribution is -0.289. The van der Waals surface area contributed by atoms with E-state index in [1.165, 1.54) is 24.8 Å². The van der Waals surface area contributed by atoms with Crippen molar-refractivity contribution in [2.75, 3.05) is 6.61 Å². The van der Waals surface area contributed by atoms with Crippen molar-refractivity contribution in [3.8, 4) is 0 Å². The third-order valence-corrected chi connectivity index (χ3v) is 13.8. The highest BCUT2D eigenvalue weighted by Crippen LogP contribution is 2.77. The molecule has 5 aliphatic carbocycles. The van der Waals surface area contributed by atoms with Crippen LogP contribution in [-0.2, 0) is 9.53 Å². The lowest BCUT2D eigenvalue weighted by Gasteiger charge is -2.74. The Balaban J connectivity index is 1.63. The van der Waals surface area contributed by atoms with Crippen LogP contribution in [0.15, 0.2) is 11.6 Å². The minimum absolute atomic E-state index is 0.0115. The average molecular weight is 501 g/mol. The Hall–Kier alpha value is -0.870. The molecule has 0 radical (unpaired) electrons. The smallest absolute Gasteiger partial charge is 0.310 e. The number of carbonyl (C=O) groups is 1. The molecule has 0 spiro atoms. The van der Waals surface area contributed by atoms with Gasteiger partial charge in [0, 0.05) is 12.0 Å². The summed E-state index contributed by atoms with van der Waals surface area (Å²) in [6, 6.07) is 0. The Morgan fingerprint density at radius 2 is 1.69 bits per heavy atom. The van der Waals surface area contributed by atoms with Crippen LogP contribution in [0.1, 0.15) is 107 Å². The standard InChI is InChI=1S/C32H52O4/c1-9-36-24-12-13-28(4,5)22-11-14-29(6)23(31(22,24)8)18-21(33)26-25-20(3)19(2)10-15-32(25,27(34)35)17-16-30(26,29)7/h10,20-26,33H,9,11-18H2,1-8H3,(H,34,35)/t20-,21-,22-,23-,24?,25-,26+,29+,30+,31-,32-/m0/s1. The van der Waals surface area contributed by atoms with Gasteiger partial charge in [0.05, 0.1) is 17.6 Å². The molecule has 4 nitrogen and oxygen atoms in total. The van der Waals surface area contributed by atoms with E-state index in [0.29, 0.717) is 18.3 Å². The third kappa shape index (κ3) is 3.15. The molecule has 0 aliphatic heterocycles. The first kappa shape index (κ1) is 26.7. The molecule has 2 N–H and O–H groups in total. The van der Waals surface area contributed by atoms with Gasteiger partial charge in [0.25, 0.3) is 0 Å². The monoisotopic (exact) mass is 500 g/mol. The number of hydrogen-bond acceptors (Lipinski definition) is 3. The van der Waals surface area contributed by atoms with Crippen molar-refractivity contribution in [3.05, 3.63) is 11.6 Å². The van der Waals surface area contributed by atoms with Gasteiger partial charge in [0.1, 0.15) is 0 Å². The van der Waals surface area contributed by atoms with Gasteiger partial charge in [-0.2, -0.15) is 0 Å². The highest BCUT2D eigenvalue weighted by Gasteiger charge is 2.73. The number of allylic oxidation sites excluding steroid dienone is 2. The van der Waals surface area contributed by atoms with Crippen LogP contribution in [0, 0.1) is 56.7 Å². The molecular formula is C32H52O4. The highest BCUT2D eigenvalue weighted by atomic mass is 16.5. The molecule has 0 amide bonds. The number of carboxylic acid groups (broad SMARTS) is 1. The molecule has 4 heteroatoms. The Labute approximate surface area is 219 Å². The van der Waals surface area contributed by atoms with Gasteiger partial charge in [-0.15, -0.1) is 0 Å². The van der Waals surface area contributed by atoms with Gasteiger partial charge in [0.15, 0.2) is 0 Å². The van der Waals surface area contributed by atoms with E-state index in [2.05, 4.69) is 61.5 Å². The first-order valence-corrected chi connectivity index (χ1v) is 14.9. The summed E-state index contributed by atoms with van der Waals surface area (Å²) in [7, 11) is 0. The number of ether oxygens (including phenoxy) is 1. The summed E-state index contributed by atoms with van der Waals surface area (Å²) in [6.45, 7) is 19.7. The zero-order valence-corrected chi connectivity index (χ0v) is 24.2. The summed E-state index contributed by atoms with van der Waals surface area (Å²) in [6.07, 6.45) is 9.66. The highest BCUT2D eigenvalue weighted by molar-refractivity contribution is 5.76. The molecule has 0 aromatic carbocycles. The van der Waals surface area contributed by atoms with Crippen LogP contribution in [0.5, 0.6) is 0 Å². The molecular weight excluding hydrogens is 448 g/mol. The molecule has 36 heavy (non-hydrogen) atoms. The minimum atomic E-state index is -0.741. The van der Waals surface area contributed by atoms with Crippen molar-refractivity contribution in [1.82, 2.24) is 0 Å². The van der Waals surface area contributed by atoms with Crippen LogP contribution in [0.4, 0.5) is 0 Å². The summed E-state index contributed by atoms with van der Waals surface area (Å²) in [4.78, 5) is 12.9. The van der Waals surface area contributed by atoms with Crippen molar-refractivity contribution >= 4 is 5.97 Å². The summed E-state index contributed by atoms with van der Waals surface area (Å²) in [5.41, 5.74) is 0.838. The molecule has 4 fully saturated rings. The zero-order valence-electron chi connectivity index (χ0n) is 24.2. The lowest BCUT2D eigenvalue weighted by atomic mass is 9.31. The van der Waals surface area contributed by atoms with Gasteiger partial charge in [-0.05, 0) is 111 Å². The SMILES string of the molecule is CCOC1CCC(C)(C)[C@@H]2CC[C@]3(C)[C@H](C[C@H](O)[C@@H]4[C@@H]5[C@@H](C)C(C)=CC[C@]5(C(=O)O)CC[C@]43C)[C@@]12C. The van der Waals surface area contributed by atoms with Crippen molar-refractivity contribution < 1.29 is 19.7 Å². The van der Waals surface area contributed by atoms with Crippen LogP contribution in [-0.4, -0.2) is 35.0 Å². The number of aliphatic hydroxyl groups excluding tert-OH is 1. The second-order valence-electron chi connectivity index (χ2n) is 15.1. The average Bonchev–Trinajstić information content (AvgIpc) is 2.80. The third-order valence-electron chi connectivity index (χ3n) is 13.8. The predicted molar refractivity (Wildman–Crippen MR) is 143 cm³/mol. The van der Waals surface area contributed by atoms with Gasteiger partial charge >= 0.3 is 5.97 Å². The van der Waals surface area contributed by atoms with E-state index < -0.39 is 17.5 Å². The van der Waals surface area contributed by atoms with Crippen LogP contribution in [0.3, 0.4) is 0 Å². The number of aliphatic carboxylic acids is 1. The van der Waals surface area contributed by atoms with Gasteiger partial charge in [-0.25, -0.2) is 0 Å². The fraction of sp³-hybridized carbons (Fsp3) is 0.906. The van der Waals surface area contributed by atoms with E-state index in [0.717, 1.165) is 32.3 Å². The molecule has 5 rings (SSSR count). The van der Waals surface area contributed by atoms with Crippen molar-refractivity contribution in [2.24, 2.45) is 56.7 Å². The fourth-order valence-corrected chi connectivity index (χ4v) is 11.6. The van der Waals surface area contributed by atoms with Crippen LogP contribution in [0.25, 0.3) is 0 Å². The minimum Gasteiger partial charge on any atom is -0.481 e. The number of carboxylic acids is 1. The lowest BCUT2D eigenvalue weighted by Crippen LogP contribution is -2.71. The van der Waals surface area contributed by atoms with E-state index in [1.807, 2.05) is 0 Å². The predicted octanol–water partition coefficient (Wildman–Crippen LogP) is 7.10. The zero-order chi connectivity index (χ0) is 26.5. The molecule has 0 aromatic heterocycles. The molecule has 0 aromatic rings. The Morgan fingerprint density at radius 1 is 1.00 bits per heavy atom. The van der Waals surface area contributed by atoms with E-state index >= 15 is 0 Å². The molecule has 4 saturated carbocycles. The van der Waals surface area contributed by atoms with E-state index in [-0.39, 0.29) is 45.5 Å². The van der Waals surface area contributed by atoms with Crippen LogP contribution >= 0.6 is 0 Å². The summed E-state index contributed by atoms with van der Waals surface area (Å²) < 4.78 is 6.54. The Kier molecular flexibility index (Phi) is 6.17. The molecule has 0 saturated heterocycles. The van der Waals surface area contributed by atoms with Gasteiger partial charge in [0.2, 0.25) is 0 Å². The van der Waals surface area contributed by atoms with E-state index in [1.54, 1.807) is 0 Å². The molecule has 5 aliphatic rings. The summed E-state index contributed by atoms with van der Waals surface area (Å²) >= 11 is 0. The van der Waals surface area contributed by atoms with Crippen molar-refractivity contribution in [2.45, 2.75) is 119 Å².